The van der Waals surface area contributed by atoms with Crippen LogP contribution in [-0.2, 0) is 22.3 Å². The molecule has 3 heterocycles. The van der Waals surface area contributed by atoms with Crippen molar-refractivity contribution < 1.29 is 22.7 Å². The molecule has 2 aliphatic heterocycles. The average molecular weight is 490 g/mol. The second-order valence-electron chi connectivity index (χ2n) is 8.53. The van der Waals surface area contributed by atoms with Crippen LogP contribution in [0.2, 0.25) is 0 Å². The number of benzene rings is 1. The lowest BCUT2D eigenvalue weighted by atomic mass is 10.0. The summed E-state index contributed by atoms with van der Waals surface area (Å²) in [6.45, 7) is 6.39. The van der Waals surface area contributed by atoms with E-state index in [4.69, 9.17) is 22.2 Å². The summed E-state index contributed by atoms with van der Waals surface area (Å²) in [5.41, 5.74) is -1.94. The fourth-order valence-electron chi connectivity index (χ4n) is 4.00. The number of carbonyl (C=O) groups is 1. The number of carbonyl (C=O) groups excluding carboxylic acids is 1. The highest BCUT2D eigenvalue weighted by Crippen LogP contribution is 2.38. The summed E-state index contributed by atoms with van der Waals surface area (Å²) >= 11 is 5.54. The van der Waals surface area contributed by atoms with Crippen LogP contribution >= 0.6 is 12.2 Å². The van der Waals surface area contributed by atoms with E-state index < -0.39 is 28.7 Å². The first-order valence-electron chi connectivity index (χ1n) is 10.6. The predicted molar refractivity (Wildman–Crippen MR) is 123 cm³/mol. The van der Waals surface area contributed by atoms with Crippen molar-refractivity contribution in [3.05, 3.63) is 53.2 Å². The summed E-state index contributed by atoms with van der Waals surface area (Å²) in [7, 11) is 0. The molecule has 4 rings (SSSR count). The lowest BCUT2D eigenvalue weighted by molar-refractivity contribution is -0.137. The third kappa shape index (κ3) is 4.31. The Bertz CT molecular complexity index is 1150. The number of amides is 1. The second kappa shape index (κ2) is 8.85. The van der Waals surface area contributed by atoms with Crippen molar-refractivity contribution in [2.45, 2.75) is 32.1 Å². The van der Waals surface area contributed by atoms with E-state index in [1.165, 1.54) is 6.07 Å². The van der Waals surface area contributed by atoms with Crippen molar-refractivity contribution in [2.75, 3.05) is 36.1 Å². The van der Waals surface area contributed by atoms with Crippen LogP contribution in [0.4, 0.5) is 24.7 Å². The van der Waals surface area contributed by atoms with Crippen LogP contribution in [0.25, 0.3) is 0 Å². The number of aromatic nitrogens is 1. The molecule has 0 spiro atoms. The number of rotatable bonds is 4. The van der Waals surface area contributed by atoms with E-state index in [2.05, 4.69) is 9.88 Å². The molecule has 2 saturated heterocycles. The fraction of sp³-hybridized carbons (Fsp3) is 0.391. The van der Waals surface area contributed by atoms with Gasteiger partial charge in [-0.25, -0.2) is 4.98 Å². The Morgan fingerprint density at radius 3 is 2.50 bits per heavy atom. The standard InChI is InChI=1S/C23H22F3N5O2S/c1-22(2)20(32)31(17-5-4-16(12-27)18(11-17)23(24,25)26)21(34)30(22)14-15-3-6-19(28-13-15)29-7-9-33-10-8-29/h3-6,11,13H,7-10,14H2,1-2H3. The third-order valence-corrected chi connectivity index (χ3v) is 6.40. The molecular formula is C23H22F3N5O2S. The van der Waals surface area contributed by atoms with Gasteiger partial charge in [-0.2, -0.15) is 18.4 Å². The monoisotopic (exact) mass is 489 g/mol. The topological polar surface area (TPSA) is 72.7 Å². The summed E-state index contributed by atoms with van der Waals surface area (Å²) in [6, 6.07) is 8.48. The lowest BCUT2D eigenvalue weighted by Gasteiger charge is -2.30. The van der Waals surface area contributed by atoms with Gasteiger partial charge in [0.2, 0.25) is 0 Å². The van der Waals surface area contributed by atoms with Crippen LogP contribution in [0.1, 0.15) is 30.5 Å². The summed E-state index contributed by atoms with van der Waals surface area (Å²) in [5.74, 6) is 0.374. The van der Waals surface area contributed by atoms with Crippen LogP contribution in [0.5, 0.6) is 0 Å². The van der Waals surface area contributed by atoms with Gasteiger partial charge >= 0.3 is 6.18 Å². The first-order chi connectivity index (χ1) is 16.0. The number of morpholine rings is 1. The van der Waals surface area contributed by atoms with Crippen LogP contribution in [-0.4, -0.2) is 52.7 Å². The molecule has 0 N–H and O–H groups in total. The number of nitrogens with zero attached hydrogens (tertiary/aromatic N) is 5. The Kier molecular flexibility index (Phi) is 6.22. The summed E-state index contributed by atoms with van der Waals surface area (Å²) in [4.78, 5) is 22.6. The zero-order valence-electron chi connectivity index (χ0n) is 18.6. The number of anilines is 2. The molecule has 0 aliphatic carbocycles. The van der Waals surface area contributed by atoms with Crippen molar-refractivity contribution >= 4 is 34.7 Å². The van der Waals surface area contributed by atoms with Crippen LogP contribution in [0.3, 0.4) is 0 Å². The molecule has 2 aromatic rings. The predicted octanol–water partition coefficient (Wildman–Crippen LogP) is 3.72. The van der Waals surface area contributed by atoms with Crippen molar-refractivity contribution in [2.24, 2.45) is 0 Å². The molecule has 0 unspecified atom stereocenters. The van der Waals surface area contributed by atoms with Crippen LogP contribution < -0.4 is 9.80 Å². The highest BCUT2D eigenvalue weighted by molar-refractivity contribution is 7.80. The van der Waals surface area contributed by atoms with Crippen molar-refractivity contribution in [3.63, 3.8) is 0 Å². The maximum Gasteiger partial charge on any atom is 0.417 e. The number of halogens is 3. The molecule has 1 aromatic carbocycles. The summed E-state index contributed by atoms with van der Waals surface area (Å²) < 4.78 is 45.8. The van der Waals surface area contributed by atoms with Gasteiger partial charge in [0.05, 0.1) is 36.1 Å². The minimum absolute atomic E-state index is 0.0299. The maximum absolute atomic E-state index is 13.5. The Balaban J connectivity index is 1.60. The quantitative estimate of drug-likeness (QED) is 0.606. The van der Waals surface area contributed by atoms with Gasteiger partial charge < -0.3 is 14.5 Å². The van der Waals surface area contributed by atoms with Gasteiger partial charge in [0.25, 0.3) is 5.91 Å². The first kappa shape index (κ1) is 23.9. The molecule has 2 fully saturated rings. The smallest absolute Gasteiger partial charge is 0.378 e. The molecule has 0 bridgehead atoms. The van der Waals surface area contributed by atoms with Crippen LogP contribution in [0.15, 0.2) is 36.5 Å². The van der Waals surface area contributed by atoms with Gasteiger partial charge in [0.1, 0.15) is 11.4 Å². The summed E-state index contributed by atoms with van der Waals surface area (Å²) in [6.07, 6.45) is -3.03. The van der Waals surface area contributed by atoms with Crippen molar-refractivity contribution in [3.8, 4) is 6.07 Å². The lowest BCUT2D eigenvalue weighted by Crippen LogP contribution is -2.43. The number of nitriles is 1. The van der Waals surface area contributed by atoms with Gasteiger partial charge in [0.15, 0.2) is 5.11 Å². The normalized spacial score (nSPS) is 18.4. The molecule has 2 aliphatic rings. The minimum atomic E-state index is -4.74. The molecule has 0 saturated carbocycles. The van der Waals surface area contributed by atoms with E-state index in [-0.39, 0.29) is 17.3 Å². The number of hydrogen-bond donors (Lipinski definition) is 0. The minimum Gasteiger partial charge on any atom is -0.378 e. The maximum atomic E-state index is 13.5. The van der Waals surface area contributed by atoms with E-state index in [0.717, 1.165) is 41.5 Å². The fourth-order valence-corrected chi connectivity index (χ4v) is 4.49. The second-order valence-corrected chi connectivity index (χ2v) is 8.90. The number of hydrogen-bond acceptors (Lipinski definition) is 6. The van der Waals surface area contributed by atoms with E-state index in [0.29, 0.717) is 13.2 Å². The van der Waals surface area contributed by atoms with Gasteiger partial charge in [-0.05, 0) is 55.9 Å². The third-order valence-electron chi connectivity index (χ3n) is 6.00. The number of thiocarbonyl (C=S) groups is 1. The molecular weight excluding hydrogens is 467 g/mol. The Labute approximate surface area is 200 Å². The van der Waals surface area contributed by atoms with E-state index >= 15 is 0 Å². The average Bonchev–Trinajstić information content (AvgIpc) is 2.98. The van der Waals surface area contributed by atoms with E-state index in [1.54, 1.807) is 31.0 Å². The summed E-state index contributed by atoms with van der Waals surface area (Å²) in [5, 5.41) is 9.14. The zero-order chi connectivity index (χ0) is 24.7. The van der Waals surface area contributed by atoms with Crippen molar-refractivity contribution in [1.29, 1.82) is 5.26 Å². The highest BCUT2D eigenvalue weighted by Gasteiger charge is 2.49. The van der Waals surface area contributed by atoms with Gasteiger partial charge in [-0.1, -0.05) is 6.07 Å². The Morgan fingerprint density at radius 2 is 1.91 bits per heavy atom. The van der Waals surface area contributed by atoms with Crippen molar-refractivity contribution in [1.82, 2.24) is 9.88 Å². The zero-order valence-corrected chi connectivity index (χ0v) is 19.4. The van der Waals surface area contributed by atoms with Crippen LogP contribution in [0, 0.1) is 11.3 Å². The molecule has 11 heteroatoms. The molecule has 1 amide bonds. The first-order valence-corrected chi connectivity index (χ1v) is 11.0. The van der Waals surface area contributed by atoms with E-state index in [9.17, 15) is 18.0 Å². The molecule has 0 radical (unpaired) electrons. The van der Waals surface area contributed by atoms with Gasteiger partial charge in [-0.3, -0.25) is 9.69 Å². The van der Waals surface area contributed by atoms with Gasteiger partial charge in [-0.15, -0.1) is 0 Å². The molecule has 178 valence electrons. The molecule has 1 aromatic heterocycles. The molecule has 34 heavy (non-hydrogen) atoms. The number of pyridine rings is 1. The SMILES string of the molecule is CC1(C)C(=O)N(c2ccc(C#N)c(C(F)(F)F)c2)C(=S)N1Cc1ccc(N2CCOCC2)nc1. The number of alkyl halides is 3. The largest absolute Gasteiger partial charge is 0.417 e. The van der Waals surface area contributed by atoms with E-state index in [1.807, 2.05) is 12.1 Å². The molecule has 7 nitrogen and oxygen atoms in total. The Morgan fingerprint density at radius 1 is 1.21 bits per heavy atom. The Hall–Kier alpha value is -3.23. The molecule has 0 atom stereocenters. The highest BCUT2D eigenvalue weighted by atomic mass is 32.1. The van der Waals surface area contributed by atoms with Gasteiger partial charge in [0, 0.05) is 25.8 Å². The number of ether oxygens (including phenoxy) is 1.